The highest BCUT2D eigenvalue weighted by Crippen LogP contribution is 2.40. The zero-order valence-corrected chi connectivity index (χ0v) is 17.8. The Morgan fingerprint density at radius 2 is 1.86 bits per heavy atom. The van der Waals surface area contributed by atoms with Crippen LogP contribution in [0.2, 0.25) is 0 Å². The summed E-state index contributed by atoms with van der Waals surface area (Å²) < 4.78 is 11.5. The molecular weight excluding hydrogens is 350 g/mol. The summed E-state index contributed by atoms with van der Waals surface area (Å²) in [4.78, 5) is 11.5. The summed E-state index contributed by atoms with van der Waals surface area (Å²) in [6.07, 6.45) is 8.06. The number of rotatable bonds is 3. The van der Waals surface area contributed by atoms with Gasteiger partial charge in [0.2, 0.25) is 0 Å². The van der Waals surface area contributed by atoms with Gasteiger partial charge in [-0.25, -0.2) is 4.79 Å². The molecule has 1 aromatic carbocycles. The second-order valence-corrected chi connectivity index (χ2v) is 10.4. The minimum atomic E-state index is -0.279. The third kappa shape index (κ3) is 4.01. The molecule has 0 spiro atoms. The first kappa shape index (κ1) is 19.6. The lowest BCUT2D eigenvalue weighted by atomic mass is 9.72. The minimum absolute atomic E-state index is 0.240. The molecule has 0 bridgehead atoms. The van der Waals surface area contributed by atoms with E-state index in [9.17, 15) is 4.79 Å². The number of carbonyl (C=O) groups excluding carboxylic acids is 1. The molecular formula is C24H35NO3. The molecule has 4 rings (SSSR count). The first-order chi connectivity index (χ1) is 13.2. The van der Waals surface area contributed by atoms with Gasteiger partial charge in [0.1, 0.15) is 12.4 Å². The van der Waals surface area contributed by atoms with Crippen LogP contribution in [0.25, 0.3) is 0 Å². The van der Waals surface area contributed by atoms with Crippen LogP contribution in [0.4, 0.5) is 4.79 Å². The van der Waals surface area contributed by atoms with Crippen LogP contribution < -0.4 is 10.1 Å². The fourth-order valence-electron chi connectivity index (χ4n) is 5.33. The number of carbonyl (C=O) groups is 1. The summed E-state index contributed by atoms with van der Waals surface area (Å²) in [5.41, 5.74) is 2.97. The Kier molecular flexibility index (Phi) is 5.09. The van der Waals surface area contributed by atoms with Crippen molar-refractivity contribution < 1.29 is 14.3 Å². The van der Waals surface area contributed by atoms with Gasteiger partial charge in [-0.15, -0.1) is 0 Å². The molecule has 1 heterocycles. The van der Waals surface area contributed by atoms with Gasteiger partial charge >= 0.3 is 6.09 Å². The largest absolute Gasteiger partial charge is 0.490 e. The highest BCUT2D eigenvalue weighted by molar-refractivity contribution is 5.70. The standard InChI is InChI=1S/C24H35NO3/c1-23(2,3)18-8-11-20(12-9-18)28-21-10-6-16-13-19(7-5-17(16)14-21)24(4)15-27-22(26)25-24/h6,10,14,18-20H,5,7-9,11-13,15H2,1-4H3,(H,25,26)/t18?,19-,20?,24+/m1/s1. The molecule has 1 aromatic rings. The number of aryl methyl sites for hydroxylation is 1. The number of benzene rings is 1. The number of hydrogen-bond acceptors (Lipinski definition) is 3. The van der Waals surface area contributed by atoms with Crippen LogP contribution in [0.5, 0.6) is 5.75 Å². The van der Waals surface area contributed by atoms with E-state index in [0.717, 1.165) is 30.9 Å². The molecule has 1 aliphatic heterocycles. The van der Waals surface area contributed by atoms with Gasteiger partial charge in [-0.05, 0) is 92.4 Å². The highest BCUT2D eigenvalue weighted by atomic mass is 16.6. The number of amides is 1. The van der Waals surface area contributed by atoms with Gasteiger partial charge in [0.15, 0.2) is 0 Å². The molecule has 1 saturated carbocycles. The Balaban J connectivity index is 1.36. The van der Waals surface area contributed by atoms with E-state index in [1.807, 2.05) is 0 Å². The molecule has 0 aromatic heterocycles. The monoisotopic (exact) mass is 385 g/mol. The quantitative estimate of drug-likeness (QED) is 0.771. The van der Waals surface area contributed by atoms with Gasteiger partial charge in [-0.3, -0.25) is 0 Å². The van der Waals surface area contributed by atoms with Gasteiger partial charge in [-0.2, -0.15) is 0 Å². The molecule has 1 saturated heterocycles. The maximum Gasteiger partial charge on any atom is 0.407 e. The molecule has 2 fully saturated rings. The molecule has 28 heavy (non-hydrogen) atoms. The van der Waals surface area contributed by atoms with E-state index in [2.05, 4.69) is 51.2 Å². The average Bonchev–Trinajstić information content (AvgIpc) is 3.01. The Hall–Kier alpha value is -1.71. The Morgan fingerprint density at radius 3 is 2.50 bits per heavy atom. The van der Waals surface area contributed by atoms with Crippen LogP contribution in [-0.4, -0.2) is 24.3 Å². The topological polar surface area (TPSA) is 47.6 Å². The van der Waals surface area contributed by atoms with Crippen molar-refractivity contribution in [1.29, 1.82) is 0 Å². The Bertz CT molecular complexity index is 730. The second kappa shape index (κ2) is 7.27. The van der Waals surface area contributed by atoms with E-state index in [1.54, 1.807) is 0 Å². The fourth-order valence-corrected chi connectivity index (χ4v) is 5.33. The summed E-state index contributed by atoms with van der Waals surface area (Å²) >= 11 is 0. The molecule has 3 aliphatic rings. The van der Waals surface area contributed by atoms with Crippen LogP contribution in [0, 0.1) is 17.3 Å². The van der Waals surface area contributed by atoms with Crippen molar-refractivity contribution in [3.05, 3.63) is 29.3 Å². The first-order valence-corrected chi connectivity index (χ1v) is 11.0. The molecule has 1 N–H and O–H groups in total. The number of ether oxygens (including phenoxy) is 2. The number of alkyl carbamates (subject to hydrolysis) is 1. The minimum Gasteiger partial charge on any atom is -0.490 e. The molecule has 2 atom stereocenters. The maximum atomic E-state index is 11.5. The summed E-state index contributed by atoms with van der Waals surface area (Å²) in [6.45, 7) is 9.67. The van der Waals surface area contributed by atoms with Crippen molar-refractivity contribution in [2.75, 3.05) is 6.61 Å². The molecule has 1 amide bonds. The average molecular weight is 386 g/mol. The van der Waals surface area contributed by atoms with Crippen molar-refractivity contribution in [3.63, 3.8) is 0 Å². The summed E-state index contributed by atoms with van der Waals surface area (Å²) in [5, 5.41) is 3.02. The van der Waals surface area contributed by atoms with E-state index < -0.39 is 0 Å². The fraction of sp³-hybridized carbons (Fsp3) is 0.708. The van der Waals surface area contributed by atoms with Crippen molar-refractivity contribution in [1.82, 2.24) is 5.32 Å². The number of hydrogen-bond donors (Lipinski definition) is 1. The predicted octanol–water partition coefficient (Wildman–Crippen LogP) is 5.27. The summed E-state index contributed by atoms with van der Waals surface area (Å²) in [5.74, 6) is 2.26. The maximum absolute atomic E-state index is 11.5. The molecule has 0 unspecified atom stereocenters. The lowest BCUT2D eigenvalue weighted by molar-refractivity contribution is 0.0881. The Labute approximate surface area is 169 Å². The van der Waals surface area contributed by atoms with Gasteiger partial charge in [0.05, 0.1) is 11.6 Å². The van der Waals surface area contributed by atoms with E-state index in [1.165, 1.54) is 36.8 Å². The lowest BCUT2D eigenvalue weighted by Crippen LogP contribution is -2.49. The van der Waals surface area contributed by atoms with Crippen LogP contribution in [0.3, 0.4) is 0 Å². The van der Waals surface area contributed by atoms with Crippen LogP contribution in [-0.2, 0) is 17.6 Å². The van der Waals surface area contributed by atoms with Crippen molar-refractivity contribution >= 4 is 6.09 Å². The van der Waals surface area contributed by atoms with Gasteiger partial charge in [-0.1, -0.05) is 26.8 Å². The van der Waals surface area contributed by atoms with E-state index in [4.69, 9.17) is 9.47 Å². The predicted molar refractivity (Wildman–Crippen MR) is 111 cm³/mol. The third-order valence-corrected chi connectivity index (χ3v) is 7.40. The number of cyclic esters (lactones) is 1. The molecule has 4 heteroatoms. The van der Waals surface area contributed by atoms with Gasteiger partial charge in [0, 0.05) is 0 Å². The van der Waals surface area contributed by atoms with Crippen LogP contribution in [0.15, 0.2) is 18.2 Å². The van der Waals surface area contributed by atoms with E-state index in [-0.39, 0.29) is 11.6 Å². The van der Waals surface area contributed by atoms with Crippen LogP contribution in [0.1, 0.15) is 70.9 Å². The summed E-state index contributed by atoms with van der Waals surface area (Å²) in [6, 6.07) is 6.63. The third-order valence-electron chi connectivity index (χ3n) is 7.40. The number of nitrogens with one attached hydrogen (secondary N) is 1. The highest BCUT2D eigenvalue weighted by Gasteiger charge is 2.43. The SMILES string of the molecule is CC(C)(C)C1CCC(Oc2ccc3c(c2)CC[C@@H]([C@]2(C)COC(=O)N2)C3)CC1. The first-order valence-electron chi connectivity index (χ1n) is 11.0. The molecule has 2 aliphatic carbocycles. The van der Waals surface area contributed by atoms with E-state index in [0.29, 0.717) is 24.0 Å². The number of fused-ring (bicyclic) bond motifs is 1. The van der Waals surface area contributed by atoms with Gasteiger partial charge < -0.3 is 14.8 Å². The normalized spacial score (nSPS) is 33.0. The van der Waals surface area contributed by atoms with Crippen molar-refractivity contribution in [3.8, 4) is 5.75 Å². The lowest BCUT2D eigenvalue weighted by Gasteiger charge is -2.37. The second-order valence-electron chi connectivity index (χ2n) is 10.4. The zero-order valence-electron chi connectivity index (χ0n) is 17.8. The Morgan fingerprint density at radius 1 is 1.11 bits per heavy atom. The summed E-state index contributed by atoms with van der Waals surface area (Å²) in [7, 11) is 0. The van der Waals surface area contributed by atoms with Gasteiger partial charge in [0.25, 0.3) is 0 Å². The van der Waals surface area contributed by atoms with Crippen LogP contribution >= 0.6 is 0 Å². The zero-order chi connectivity index (χ0) is 19.9. The smallest absolute Gasteiger partial charge is 0.407 e. The molecule has 4 nitrogen and oxygen atoms in total. The van der Waals surface area contributed by atoms with Crippen molar-refractivity contribution in [2.24, 2.45) is 17.3 Å². The van der Waals surface area contributed by atoms with E-state index >= 15 is 0 Å². The van der Waals surface area contributed by atoms with Crippen molar-refractivity contribution in [2.45, 2.75) is 84.3 Å². The molecule has 0 radical (unpaired) electrons. The molecule has 154 valence electrons.